The van der Waals surface area contributed by atoms with Crippen LogP contribution in [0, 0.1) is 6.92 Å². The van der Waals surface area contributed by atoms with E-state index in [4.69, 9.17) is 9.16 Å². The fourth-order valence-electron chi connectivity index (χ4n) is 1.78. The van der Waals surface area contributed by atoms with Crippen LogP contribution in [0.4, 0.5) is 4.39 Å². The molecule has 24 heavy (non-hydrogen) atoms. The van der Waals surface area contributed by atoms with Crippen molar-refractivity contribution in [1.82, 2.24) is 4.98 Å². The summed E-state index contributed by atoms with van der Waals surface area (Å²) >= 11 is 1.45. The Labute approximate surface area is 149 Å². The van der Waals surface area contributed by atoms with Crippen molar-refractivity contribution in [2.24, 2.45) is 0 Å². The second kappa shape index (κ2) is 8.36. The second-order valence-corrected chi connectivity index (χ2v) is 13.0. The van der Waals surface area contributed by atoms with Gasteiger partial charge >= 0.3 is 5.97 Å². The van der Waals surface area contributed by atoms with Crippen LogP contribution in [0.3, 0.4) is 0 Å². The average Bonchev–Trinajstić information content (AvgIpc) is 2.82. The van der Waals surface area contributed by atoms with Gasteiger partial charge in [-0.2, -0.15) is 0 Å². The van der Waals surface area contributed by atoms with Crippen LogP contribution >= 0.6 is 11.3 Å². The maximum Gasteiger partial charge on any atom is 0.308 e. The van der Waals surface area contributed by atoms with Crippen molar-refractivity contribution in [1.29, 1.82) is 0 Å². The fourth-order valence-corrected chi connectivity index (χ4v) is 3.61. The molecule has 1 rings (SSSR count). The van der Waals surface area contributed by atoms with Gasteiger partial charge in [0.05, 0.1) is 23.7 Å². The number of ether oxygens (including phenoxy) is 1. The Hall–Kier alpha value is -1.05. The topological polar surface area (TPSA) is 48.4 Å². The molecule has 1 heterocycles. The molecule has 0 N–H and O–H groups in total. The second-order valence-electron chi connectivity index (χ2n) is 7.20. The Morgan fingerprint density at radius 3 is 2.54 bits per heavy atom. The summed E-state index contributed by atoms with van der Waals surface area (Å²) in [5.41, 5.74) is 0.544. The van der Waals surface area contributed by atoms with E-state index in [1.165, 1.54) is 17.4 Å². The van der Waals surface area contributed by atoms with Gasteiger partial charge in [0.1, 0.15) is 11.9 Å². The lowest BCUT2D eigenvalue weighted by Crippen LogP contribution is -2.44. The van der Waals surface area contributed by atoms with E-state index in [2.05, 4.69) is 25.8 Å². The largest absolute Gasteiger partial charge is 0.466 e. The van der Waals surface area contributed by atoms with Gasteiger partial charge in [0, 0.05) is 5.38 Å². The molecule has 0 saturated carbocycles. The predicted octanol–water partition coefficient (Wildman–Crippen LogP) is 5.11. The molecular formula is C17H28FNO3SSi. The third-order valence-electron chi connectivity index (χ3n) is 4.13. The van der Waals surface area contributed by atoms with Gasteiger partial charge in [-0.05, 0) is 38.1 Å². The minimum absolute atomic E-state index is 0.0859. The third kappa shape index (κ3) is 6.11. The number of carbonyl (C=O) groups is 1. The van der Waals surface area contributed by atoms with Crippen LogP contribution in [-0.2, 0) is 14.0 Å². The molecule has 1 aromatic rings. The van der Waals surface area contributed by atoms with E-state index in [0.29, 0.717) is 5.69 Å². The molecule has 7 heteroatoms. The van der Waals surface area contributed by atoms with E-state index in [-0.39, 0.29) is 18.1 Å². The highest BCUT2D eigenvalue weighted by molar-refractivity contribution is 7.09. The Balaban J connectivity index is 3.04. The molecule has 0 radical (unpaired) electrons. The summed E-state index contributed by atoms with van der Waals surface area (Å²) in [5, 5.41) is 2.56. The zero-order valence-electron chi connectivity index (χ0n) is 15.6. The molecule has 136 valence electrons. The molecule has 0 aliphatic carbocycles. The first-order valence-electron chi connectivity index (χ1n) is 8.09. The molecule has 0 bridgehead atoms. The molecule has 0 saturated heterocycles. The lowest BCUT2D eigenvalue weighted by molar-refractivity contribution is -0.144. The minimum Gasteiger partial charge on any atom is -0.466 e. The molecule has 0 aliphatic rings. The Kier molecular flexibility index (Phi) is 7.31. The summed E-state index contributed by atoms with van der Waals surface area (Å²) in [4.78, 5) is 16.1. The molecular weight excluding hydrogens is 345 g/mol. The lowest BCUT2D eigenvalue weighted by Gasteiger charge is -2.38. The van der Waals surface area contributed by atoms with Crippen molar-refractivity contribution in [2.45, 2.75) is 65.3 Å². The summed E-state index contributed by atoms with van der Waals surface area (Å²) in [7, 11) is -2.24. The van der Waals surface area contributed by atoms with Crippen molar-refractivity contribution in [3.05, 3.63) is 21.9 Å². The van der Waals surface area contributed by atoms with Gasteiger partial charge in [-0.3, -0.25) is 4.79 Å². The van der Waals surface area contributed by atoms with Crippen LogP contribution in [0.5, 0.6) is 0 Å². The minimum atomic E-state index is -2.24. The first-order chi connectivity index (χ1) is 11.0. The number of aromatic nitrogens is 1. The fraction of sp³-hybridized carbons (Fsp3) is 0.647. The highest BCUT2D eigenvalue weighted by Crippen LogP contribution is 2.38. The van der Waals surface area contributed by atoms with Crippen LogP contribution < -0.4 is 0 Å². The van der Waals surface area contributed by atoms with E-state index in [1.54, 1.807) is 12.3 Å². The van der Waals surface area contributed by atoms with Gasteiger partial charge in [-0.1, -0.05) is 20.8 Å². The molecule has 1 atom stereocenters. The Morgan fingerprint density at radius 2 is 2.08 bits per heavy atom. The van der Waals surface area contributed by atoms with Gasteiger partial charge in [0.2, 0.25) is 0 Å². The summed E-state index contributed by atoms with van der Waals surface area (Å²) in [5.74, 6) is -0.947. The summed E-state index contributed by atoms with van der Waals surface area (Å²) < 4.78 is 25.9. The summed E-state index contributed by atoms with van der Waals surface area (Å²) in [6.45, 7) is 14.2. The van der Waals surface area contributed by atoms with Crippen LogP contribution in [-0.4, -0.2) is 32.0 Å². The number of halogens is 1. The number of hydrogen-bond donors (Lipinski definition) is 0. The van der Waals surface area contributed by atoms with Crippen molar-refractivity contribution >= 4 is 31.7 Å². The SMILES string of the molecule is CCOC(=O)CC(O[Si](C)(C)C(C)(C)C)C(F)=Cc1csc(C)n1. The van der Waals surface area contributed by atoms with Crippen molar-refractivity contribution in [3.63, 3.8) is 0 Å². The third-order valence-corrected chi connectivity index (χ3v) is 9.41. The molecule has 0 aliphatic heterocycles. The summed E-state index contributed by atoms with van der Waals surface area (Å²) in [6, 6.07) is 0. The van der Waals surface area contributed by atoms with Gasteiger partial charge in [0.15, 0.2) is 8.32 Å². The lowest BCUT2D eigenvalue weighted by atomic mass is 10.2. The van der Waals surface area contributed by atoms with Crippen LogP contribution in [0.15, 0.2) is 11.2 Å². The summed E-state index contributed by atoms with van der Waals surface area (Å²) in [6.07, 6.45) is 0.277. The number of aryl methyl sites for hydroxylation is 1. The molecule has 4 nitrogen and oxygen atoms in total. The van der Waals surface area contributed by atoms with Crippen LogP contribution in [0.25, 0.3) is 6.08 Å². The number of carbonyl (C=O) groups excluding carboxylic acids is 1. The first-order valence-corrected chi connectivity index (χ1v) is 11.9. The van der Waals surface area contributed by atoms with E-state index >= 15 is 0 Å². The normalized spacial score (nSPS) is 14.6. The van der Waals surface area contributed by atoms with E-state index < -0.39 is 26.2 Å². The zero-order valence-corrected chi connectivity index (χ0v) is 17.4. The molecule has 1 unspecified atom stereocenters. The predicted molar refractivity (Wildman–Crippen MR) is 99.3 cm³/mol. The number of esters is 1. The zero-order chi connectivity index (χ0) is 18.5. The molecule has 1 aromatic heterocycles. The van der Waals surface area contributed by atoms with Gasteiger partial charge < -0.3 is 9.16 Å². The highest BCUT2D eigenvalue weighted by atomic mass is 32.1. The Bertz CT molecular complexity index is 593. The number of thiazole rings is 1. The van der Waals surface area contributed by atoms with E-state index in [9.17, 15) is 9.18 Å². The van der Waals surface area contributed by atoms with Crippen LogP contribution in [0.1, 0.15) is 44.8 Å². The first kappa shape index (κ1) is 21.0. The number of rotatable bonds is 7. The molecule has 0 fully saturated rings. The van der Waals surface area contributed by atoms with Gasteiger partial charge in [-0.15, -0.1) is 11.3 Å². The monoisotopic (exact) mass is 373 g/mol. The standard InChI is InChI=1S/C17H28FNO3SSi/c1-8-21-16(20)10-15(22-24(6,7)17(3,4)5)14(18)9-13-11-23-12(2)19-13/h9,11,15H,8,10H2,1-7H3. The van der Waals surface area contributed by atoms with Gasteiger partial charge in [0.25, 0.3) is 0 Å². The maximum atomic E-state index is 14.8. The van der Waals surface area contributed by atoms with Gasteiger partial charge in [-0.25, -0.2) is 9.37 Å². The number of nitrogens with zero attached hydrogens (tertiary/aromatic N) is 1. The molecule has 0 spiro atoms. The van der Waals surface area contributed by atoms with Crippen molar-refractivity contribution < 1.29 is 18.3 Å². The maximum absolute atomic E-state index is 14.8. The van der Waals surface area contributed by atoms with Crippen molar-refractivity contribution in [3.8, 4) is 0 Å². The molecule has 0 amide bonds. The smallest absolute Gasteiger partial charge is 0.308 e. The highest BCUT2D eigenvalue weighted by Gasteiger charge is 2.40. The van der Waals surface area contributed by atoms with E-state index in [1.807, 2.05) is 20.0 Å². The Morgan fingerprint density at radius 1 is 1.46 bits per heavy atom. The molecule has 0 aromatic carbocycles. The quantitative estimate of drug-likeness (QED) is 0.492. The average molecular weight is 374 g/mol. The van der Waals surface area contributed by atoms with Crippen LogP contribution in [0.2, 0.25) is 18.1 Å². The van der Waals surface area contributed by atoms with E-state index in [0.717, 1.165) is 5.01 Å². The number of hydrogen-bond acceptors (Lipinski definition) is 5. The van der Waals surface area contributed by atoms with Crippen molar-refractivity contribution in [2.75, 3.05) is 6.61 Å².